The zero-order chi connectivity index (χ0) is 23.5. The molecule has 6 N–H and O–H groups in total. The van der Waals surface area contributed by atoms with Crippen LogP contribution in [-0.2, 0) is 5.41 Å². The van der Waals surface area contributed by atoms with Crippen molar-refractivity contribution in [1.29, 1.82) is 0 Å². The summed E-state index contributed by atoms with van der Waals surface area (Å²) < 4.78 is 8.51. The van der Waals surface area contributed by atoms with Crippen LogP contribution in [0.1, 0.15) is 26.0 Å². The van der Waals surface area contributed by atoms with Crippen LogP contribution in [0.15, 0.2) is 47.2 Å². The molecule has 9 nitrogen and oxygen atoms in total. The Bertz CT molecular complexity index is 1380. The van der Waals surface area contributed by atoms with E-state index in [1.807, 2.05) is 50.2 Å². The number of rotatable bonds is 4. The van der Waals surface area contributed by atoms with E-state index in [0.29, 0.717) is 34.8 Å². The molecule has 1 aliphatic rings. The topological polar surface area (TPSA) is 145 Å². The molecule has 4 aromatic rings. The van der Waals surface area contributed by atoms with Gasteiger partial charge in [0.2, 0.25) is 0 Å². The summed E-state index contributed by atoms with van der Waals surface area (Å²) >= 11 is 3.39. The van der Waals surface area contributed by atoms with Crippen molar-refractivity contribution in [1.82, 2.24) is 19.6 Å². The number of halogens is 1. The molecule has 0 radical (unpaired) electrons. The summed E-state index contributed by atoms with van der Waals surface area (Å²) in [6, 6.07) is 11.2. The van der Waals surface area contributed by atoms with E-state index in [9.17, 15) is 10.2 Å². The first-order valence-electron chi connectivity index (χ1n) is 10.6. The first kappa shape index (κ1) is 21.9. The van der Waals surface area contributed by atoms with E-state index < -0.39 is 23.0 Å². The van der Waals surface area contributed by atoms with Crippen molar-refractivity contribution >= 4 is 44.0 Å². The summed E-state index contributed by atoms with van der Waals surface area (Å²) in [7, 11) is 0. The van der Waals surface area contributed by atoms with Gasteiger partial charge >= 0.3 is 0 Å². The molecule has 5 rings (SSSR count). The van der Waals surface area contributed by atoms with Gasteiger partial charge in [0.15, 0.2) is 5.82 Å². The number of aliphatic hydroxyl groups excluding tert-OH is 2. The van der Waals surface area contributed by atoms with Gasteiger partial charge in [-0.3, -0.25) is 0 Å². The Kier molecular flexibility index (Phi) is 5.00. The van der Waals surface area contributed by atoms with Gasteiger partial charge in [0.25, 0.3) is 0 Å². The van der Waals surface area contributed by atoms with Gasteiger partial charge in [-0.15, -0.1) is 0 Å². The monoisotopic (exact) mass is 512 g/mol. The summed E-state index contributed by atoms with van der Waals surface area (Å²) in [5.41, 5.74) is 12.5. The molecule has 10 heteroatoms. The Morgan fingerprint density at radius 3 is 2.70 bits per heavy atom. The number of aliphatic hydroxyl groups is 2. The van der Waals surface area contributed by atoms with Crippen LogP contribution in [0.3, 0.4) is 0 Å². The minimum atomic E-state index is -1.02. The van der Waals surface area contributed by atoms with E-state index in [1.165, 1.54) is 6.33 Å². The van der Waals surface area contributed by atoms with Crippen LogP contribution in [-0.4, -0.2) is 48.6 Å². The standard InChI is InChI=1S/C23H25BrN6O3/c1-22(10-33-13-4-3-12-7-14(24)20(25)29-15(12)8-13)9-23(2,19(32)18(22)31)17-6-5-16-21(26)27-11-28-30(16)17/h3-8,11,18-19,31-32H,9-10H2,1-2H3,(H2,25,29)(H2,26,27,28)/t18-,19+,22+,23-/m0/s1. The molecule has 0 spiro atoms. The van der Waals surface area contributed by atoms with Crippen molar-refractivity contribution < 1.29 is 14.9 Å². The molecule has 0 saturated heterocycles. The molecule has 1 saturated carbocycles. The summed E-state index contributed by atoms with van der Waals surface area (Å²) in [6.45, 7) is 4.05. The molecule has 0 amide bonds. The molecule has 0 aliphatic heterocycles. The van der Waals surface area contributed by atoms with Crippen LogP contribution in [0.4, 0.5) is 11.6 Å². The number of aromatic nitrogens is 4. The van der Waals surface area contributed by atoms with Crippen molar-refractivity contribution in [2.24, 2.45) is 5.41 Å². The molecule has 1 fully saturated rings. The fourth-order valence-corrected chi connectivity index (χ4v) is 5.35. The first-order chi connectivity index (χ1) is 15.6. The van der Waals surface area contributed by atoms with E-state index in [4.69, 9.17) is 16.2 Å². The Labute approximate surface area is 198 Å². The van der Waals surface area contributed by atoms with E-state index in [0.717, 1.165) is 15.6 Å². The molecule has 1 aromatic carbocycles. The lowest BCUT2D eigenvalue weighted by atomic mass is 9.79. The highest BCUT2D eigenvalue weighted by molar-refractivity contribution is 9.10. The normalized spacial score (nSPS) is 27.4. The van der Waals surface area contributed by atoms with Crippen molar-refractivity contribution in [3.05, 3.63) is 52.9 Å². The number of anilines is 2. The third kappa shape index (κ3) is 3.40. The van der Waals surface area contributed by atoms with Gasteiger partial charge in [0.1, 0.15) is 23.4 Å². The quantitative estimate of drug-likeness (QED) is 0.326. The molecule has 33 heavy (non-hydrogen) atoms. The second-order valence-electron chi connectivity index (χ2n) is 9.30. The van der Waals surface area contributed by atoms with Gasteiger partial charge in [-0.25, -0.2) is 14.5 Å². The fraction of sp³-hybridized carbons (Fsp3) is 0.348. The van der Waals surface area contributed by atoms with Gasteiger partial charge in [0.05, 0.1) is 34.5 Å². The second kappa shape index (κ2) is 7.54. The lowest BCUT2D eigenvalue weighted by molar-refractivity contribution is -0.0403. The van der Waals surface area contributed by atoms with Crippen LogP contribution < -0.4 is 16.2 Å². The van der Waals surface area contributed by atoms with Crippen LogP contribution in [0, 0.1) is 5.41 Å². The number of ether oxygens (including phenoxy) is 1. The predicted molar refractivity (Wildman–Crippen MR) is 129 cm³/mol. The molecular weight excluding hydrogens is 488 g/mol. The van der Waals surface area contributed by atoms with Crippen molar-refractivity contribution in [3.63, 3.8) is 0 Å². The number of pyridine rings is 1. The molecule has 0 unspecified atom stereocenters. The lowest BCUT2D eigenvalue weighted by Crippen LogP contribution is -2.41. The average Bonchev–Trinajstić information content (AvgIpc) is 3.30. The molecular formula is C23H25BrN6O3. The Morgan fingerprint density at radius 2 is 1.91 bits per heavy atom. The predicted octanol–water partition coefficient (Wildman–Crippen LogP) is 2.67. The maximum atomic E-state index is 11.1. The third-order valence-corrected chi connectivity index (χ3v) is 7.48. The minimum absolute atomic E-state index is 0.207. The Balaban J connectivity index is 1.42. The van der Waals surface area contributed by atoms with E-state index in [-0.39, 0.29) is 6.61 Å². The van der Waals surface area contributed by atoms with Gasteiger partial charge < -0.3 is 26.4 Å². The largest absolute Gasteiger partial charge is 0.493 e. The molecule has 172 valence electrons. The maximum Gasteiger partial charge on any atom is 0.151 e. The third-order valence-electron chi connectivity index (χ3n) is 6.84. The zero-order valence-corrected chi connectivity index (χ0v) is 19.8. The van der Waals surface area contributed by atoms with Crippen molar-refractivity contribution in [3.8, 4) is 5.75 Å². The van der Waals surface area contributed by atoms with Crippen molar-refractivity contribution in [2.45, 2.75) is 37.9 Å². The molecule has 1 aliphatic carbocycles. The van der Waals surface area contributed by atoms with Gasteiger partial charge in [-0.1, -0.05) is 13.8 Å². The molecule has 4 atom stereocenters. The summed E-state index contributed by atoms with van der Waals surface area (Å²) in [5.74, 6) is 1.37. The SMILES string of the molecule is C[C@]1(COc2ccc3cc(Br)c(N)nc3c2)C[C@@](C)(c2ccc3c(N)ncnn23)[C@H](O)[C@@H]1O. The number of hydrogen-bond donors (Lipinski definition) is 4. The smallest absolute Gasteiger partial charge is 0.151 e. The second-order valence-corrected chi connectivity index (χ2v) is 10.2. The highest BCUT2D eigenvalue weighted by Gasteiger charge is 2.58. The van der Waals surface area contributed by atoms with E-state index in [1.54, 1.807) is 4.52 Å². The minimum Gasteiger partial charge on any atom is -0.493 e. The fourth-order valence-electron chi connectivity index (χ4n) is 5.02. The van der Waals surface area contributed by atoms with E-state index >= 15 is 0 Å². The highest BCUT2D eigenvalue weighted by Crippen LogP contribution is 2.51. The molecule has 3 aromatic heterocycles. The Hall–Kier alpha value is -2.95. The maximum absolute atomic E-state index is 11.1. The average molecular weight is 513 g/mol. The van der Waals surface area contributed by atoms with Crippen LogP contribution in [0.5, 0.6) is 5.75 Å². The zero-order valence-electron chi connectivity index (χ0n) is 18.2. The number of benzene rings is 1. The van der Waals surface area contributed by atoms with Crippen LogP contribution in [0.2, 0.25) is 0 Å². The van der Waals surface area contributed by atoms with Gasteiger partial charge in [-0.05, 0) is 52.7 Å². The van der Waals surface area contributed by atoms with Crippen LogP contribution in [0.25, 0.3) is 16.4 Å². The lowest BCUT2D eigenvalue weighted by Gasteiger charge is -2.29. The van der Waals surface area contributed by atoms with E-state index in [2.05, 4.69) is 31.0 Å². The number of nitrogen functional groups attached to an aromatic ring is 2. The summed E-state index contributed by atoms with van der Waals surface area (Å²) in [5, 5.41) is 27.4. The highest BCUT2D eigenvalue weighted by atomic mass is 79.9. The number of nitrogens with two attached hydrogens (primary N) is 2. The molecule has 3 heterocycles. The van der Waals surface area contributed by atoms with Gasteiger partial charge in [0, 0.05) is 22.3 Å². The molecule has 0 bridgehead atoms. The van der Waals surface area contributed by atoms with Crippen LogP contribution >= 0.6 is 15.9 Å². The number of fused-ring (bicyclic) bond motifs is 2. The summed E-state index contributed by atoms with van der Waals surface area (Å²) in [4.78, 5) is 8.42. The summed E-state index contributed by atoms with van der Waals surface area (Å²) in [6.07, 6.45) is -0.161. The first-order valence-corrected chi connectivity index (χ1v) is 11.4. The van der Waals surface area contributed by atoms with Crippen molar-refractivity contribution in [2.75, 3.05) is 18.1 Å². The van der Waals surface area contributed by atoms with Gasteiger partial charge in [-0.2, -0.15) is 5.10 Å². The Morgan fingerprint density at radius 1 is 1.12 bits per heavy atom. The number of hydrogen-bond acceptors (Lipinski definition) is 8. The number of nitrogens with zero attached hydrogens (tertiary/aromatic N) is 4.